The zero-order valence-electron chi connectivity index (χ0n) is 10.2. The fourth-order valence-corrected chi connectivity index (χ4v) is 2.16. The summed E-state index contributed by atoms with van der Waals surface area (Å²) in [4.78, 5) is 0. The lowest BCUT2D eigenvalue weighted by Crippen LogP contribution is -2.20. The van der Waals surface area contributed by atoms with Crippen molar-refractivity contribution >= 4 is 10.9 Å². The van der Waals surface area contributed by atoms with Gasteiger partial charge in [-0.25, -0.2) is 0 Å². The first-order valence-corrected chi connectivity index (χ1v) is 5.67. The van der Waals surface area contributed by atoms with E-state index in [4.69, 9.17) is 0 Å². The van der Waals surface area contributed by atoms with Crippen molar-refractivity contribution < 1.29 is 5.11 Å². The number of rotatable bonds is 3. The minimum Gasteiger partial charge on any atom is -0.396 e. The molecule has 0 fully saturated rings. The van der Waals surface area contributed by atoms with Crippen molar-refractivity contribution in [3.63, 3.8) is 0 Å². The van der Waals surface area contributed by atoms with E-state index in [1.54, 1.807) is 0 Å². The normalized spacial score (nSPS) is 12.2. The Labute approximate surface area is 96.5 Å². The van der Waals surface area contributed by atoms with Crippen LogP contribution in [0.4, 0.5) is 0 Å². The fraction of sp³-hybridized carbons (Fsp3) is 0.429. The van der Waals surface area contributed by atoms with Gasteiger partial charge in [-0.3, -0.25) is 0 Å². The first kappa shape index (κ1) is 11.2. The fourth-order valence-electron chi connectivity index (χ4n) is 2.16. The Morgan fingerprint density at radius 2 is 2.00 bits per heavy atom. The molecule has 0 aliphatic carbocycles. The zero-order chi connectivity index (χ0) is 11.8. The number of hydrogen-bond donors (Lipinski definition) is 1. The highest BCUT2D eigenvalue weighted by molar-refractivity contribution is 5.83. The number of aromatic nitrogens is 1. The summed E-state index contributed by atoms with van der Waals surface area (Å²) in [5, 5.41) is 10.6. The molecule has 1 aromatic carbocycles. The summed E-state index contributed by atoms with van der Waals surface area (Å²) in [5.74, 6) is 0. The molecule has 0 atom stereocenters. The van der Waals surface area contributed by atoms with Gasteiger partial charge in [0.2, 0.25) is 0 Å². The van der Waals surface area contributed by atoms with Crippen molar-refractivity contribution in [2.45, 2.75) is 20.3 Å². The molecule has 0 amide bonds. The van der Waals surface area contributed by atoms with Gasteiger partial charge < -0.3 is 9.67 Å². The number of fused-ring (bicyclic) bond motifs is 1. The topological polar surface area (TPSA) is 25.2 Å². The average molecular weight is 217 g/mol. The summed E-state index contributed by atoms with van der Waals surface area (Å²) >= 11 is 0. The van der Waals surface area contributed by atoms with Gasteiger partial charge in [0.25, 0.3) is 0 Å². The van der Waals surface area contributed by atoms with E-state index in [1.807, 2.05) is 0 Å². The molecule has 2 rings (SSSR count). The van der Waals surface area contributed by atoms with Crippen LogP contribution in [-0.2, 0) is 13.5 Å². The minimum absolute atomic E-state index is 0.0570. The first-order chi connectivity index (χ1) is 7.53. The quantitative estimate of drug-likeness (QED) is 0.840. The number of aliphatic hydroxyl groups excluding tert-OH is 1. The molecular formula is C14H19NO. The van der Waals surface area contributed by atoms with Crippen molar-refractivity contribution in [2.75, 3.05) is 6.61 Å². The predicted octanol–water partition coefficient (Wildman–Crippen LogP) is 2.74. The summed E-state index contributed by atoms with van der Waals surface area (Å²) in [6.07, 6.45) is 2.98. The molecule has 0 spiro atoms. The molecule has 2 aromatic rings. The lowest BCUT2D eigenvalue weighted by atomic mass is 9.86. The van der Waals surface area contributed by atoms with Gasteiger partial charge in [0, 0.05) is 19.9 Å². The predicted molar refractivity (Wildman–Crippen MR) is 67.5 cm³/mol. The molecule has 0 bridgehead atoms. The van der Waals surface area contributed by atoms with E-state index in [0.717, 1.165) is 6.42 Å². The van der Waals surface area contributed by atoms with Crippen LogP contribution in [0.5, 0.6) is 0 Å². The van der Waals surface area contributed by atoms with E-state index in [9.17, 15) is 5.11 Å². The van der Waals surface area contributed by atoms with Crippen LogP contribution in [0, 0.1) is 5.41 Å². The molecule has 16 heavy (non-hydrogen) atoms. The molecule has 0 aliphatic rings. The summed E-state index contributed by atoms with van der Waals surface area (Å²) in [6, 6.07) is 8.50. The molecule has 2 nitrogen and oxygen atoms in total. The van der Waals surface area contributed by atoms with Crippen LogP contribution in [0.15, 0.2) is 30.5 Å². The standard InChI is InChI=1S/C14H19NO/c1-14(2,10-16)9-12-6-4-5-11-7-8-15(3)13(11)12/h4-8,16H,9-10H2,1-3H3. The van der Waals surface area contributed by atoms with Crippen molar-refractivity contribution in [2.24, 2.45) is 12.5 Å². The third-order valence-electron chi connectivity index (χ3n) is 3.08. The molecule has 0 radical (unpaired) electrons. The summed E-state index contributed by atoms with van der Waals surface area (Å²) < 4.78 is 2.15. The van der Waals surface area contributed by atoms with Gasteiger partial charge in [-0.05, 0) is 28.9 Å². The van der Waals surface area contributed by atoms with Crippen LogP contribution in [0.3, 0.4) is 0 Å². The Hall–Kier alpha value is -1.28. The highest BCUT2D eigenvalue weighted by atomic mass is 16.3. The Morgan fingerprint density at radius 1 is 1.25 bits per heavy atom. The molecule has 1 heterocycles. The summed E-state index contributed by atoms with van der Waals surface area (Å²) in [5.41, 5.74) is 2.53. The number of para-hydroxylation sites is 1. The minimum atomic E-state index is -0.0570. The molecule has 1 N–H and O–H groups in total. The maximum Gasteiger partial charge on any atom is 0.0510 e. The van der Waals surface area contributed by atoms with Crippen molar-refractivity contribution in [1.29, 1.82) is 0 Å². The Balaban J connectivity index is 2.48. The van der Waals surface area contributed by atoms with Gasteiger partial charge in [0.15, 0.2) is 0 Å². The Morgan fingerprint density at radius 3 is 2.69 bits per heavy atom. The second-order valence-corrected chi connectivity index (χ2v) is 5.28. The van der Waals surface area contributed by atoms with Gasteiger partial charge in [0.1, 0.15) is 0 Å². The van der Waals surface area contributed by atoms with E-state index in [-0.39, 0.29) is 12.0 Å². The second kappa shape index (κ2) is 3.95. The van der Waals surface area contributed by atoms with E-state index < -0.39 is 0 Å². The highest BCUT2D eigenvalue weighted by Crippen LogP contribution is 2.26. The van der Waals surface area contributed by atoms with Gasteiger partial charge >= 0.3 is 0 Å². The molecule has 86 valence electrons. The highest BCUT2D eigenvalue weighted by Gasteiger charge is 2.19. The van der Waals surface area contributed by atoms with Crippen LogP contribution in [0.25, 0.3) is 10.9 Å². The summed E-state index contributed by atoms with van der Waals surface area (Å²) in [7, 11) is 2.07. The first-order valence-electron chi connectivity index (χ1n) is 5.67. The van der Waals surface area contributed by atoms with Crippen LogP contribution in [0.1, 0.15) is 19.4 Å². The Kier molecular flexibility index (Phi) is 2.76. The van der Waals surface area contributed by atoms with Crippen molar-refractivity contribution in [3.8, 4) is 0 Å². The summed E-state index contributed by atoms with van der Waals surface area (Å²) in [6.45, 7) is 4.40. The number of benzene rings is 1. The Bertz CT molecular complexity index is 496. The van der Waals surface area contributed by atoms with E-state index in [0.29, 0.717) is 0 Å². The van der Waals surface area contributed by atoms with E-state index >= 15 is 0 Å². The van der Waals surface area contributed by atoms with Crippen LogP contribution < -0.4 is 0 Å². The third kappa shape index (κ3) is 1.98. The lowest BCUT2D eigenvalue weighted by molar-refractivity contribution is 0.160. The molecule has 0 aliphatic heterocycles. The number of aryl methyl sites for hydroxylation is 1. The largest absolute Gasteiger partial charge is 0.396 e. The van der Waals surface area contributed by atoms with Gasteiger partial charge in [-0.2, -0.15) is 0 Å². The van der Waals surface area contributed by atoms with Gasteiger partial charge in [0.05, 0.1) is 5.52 Å². The lowest BCUT2D eigenvalue weighted by Gasteiger charge is -2.22. The SMILES string of the molecule is Cn1ccc2cccc(CC(C)(C)CO)c21. The van der Waals surface area contributed by atoms with Crippen LogP contribution in [0.2, 0.25) is 0 Å². The molecular weight excluding hydrogens is 198 g/mol. The second-order valence-electron chi connectivity index (χ2n) is 5.28. The third-order valence-corrected chi connectivity index (χ3v) is 3.08. The smallest absolute Gasteiger partial charge is 0.0510 e. The molecule has 0 saturated carbocycles. The molecule has 0 saturated heterocycles. The maximum atomic E-state index is 9.34. The van der Waals surface area contributed by atoms with E-state index in [2.05, 4.69) is 55.9 Å². The van der Waals surface area contributed by atoms with Crippen molar-refractivity contribution in [1.82, 2.24) is 4.57 Å². The van der Waals surface area contributed by atoms with Crippen molar-refractivity contribution in [3.05, 3.63) is 36.0 Å². The molecule has 2 heteroatoms. The monoisotopic (exact) mass is 217 g/mol. The number of hydrogen-bond acceptors (Lipinski definition) is 1. The van der Waals surface area contributed by atoms with Gasteiger partial charge in [-0.1, -0.05) is 32.0 Å². The average Bonchev–Trinajstić information content (AvgIpc) is 2.61. The zero-order valence-corrected chi connectivity index (χ0v) is 10.2. The van der Waals surface area contributed by atoms with E-state index in [1.165, 1.54) is 16.5 Å². The molecule has 0 unspecified atom stereocenters. The maximum absolute atomic E-state index is 9.34. The van der Waals surface area contributed by atoms with Crippen LogP contribution >= 0.6 is 0 Å². The number of aliphatic hydroxyl groups is 1. The number of nitrogens with zero attached hydrogens (tertiary/aromatic N) is 1. The van der Waals surface area contributed by atoms with Crippen LogP contribution in [-0.4, -0.2) is 16.3 Å². The van der Waals surface area contributed by atoms with Gasteiger partial charge in [-0.15, -0.1) is 0 Å². The molecule has 1 aromatic heterocycles.